The van der Waals surface area contributed by atoms with Crippen LogP contribution < -0.4 is 5.32 Å². The number of amides is 1. The quantitative estimate of drug-likeness (QED) is 0.919. The highest BCUT2D eigenvalue weighted by molar-refractivity contribution is 5.76. The van der Waals surface area contributed by atoms with Crippen LogP contribution in [-0.2, 0) is 24.3 Å². The third-order valence-electron chi connectivity index (χ3n) is 4.20. The van der Waals surface area contributed by atoms with Crippen LogP contribution in [0.1, 0.15) is 23.1 Å². The van der Waals surface area contributed by atoms with Crippen LogP contribution in [0.2, 0.25) is 0 Å². The van der Waals surface area contributed by atoms with Crippen molar-refractivity contribution < 1.29 is 4.79 Å². The molecule has 1 aliphatic heterocycles. The molecule has 2 aromatic rings. The molecule has 0 fully saturated rings. The van der Waals surface area contributed by atoms with Crippen LogP contribution in [0.5, 0.6) is 0 Å². The Kier molecular flexibility index (Phi) is 4.86. The lowest BCUT2D eigenvalue weighted by atomic mass is 10.00. The van der Waals surface area contributed by atoms with E-state index in [4.69, 9.17) is 0 Å². The third kappa shape index (κ3) is 3.95. The number of hydrogen-bond donors (Lipinski definition) is 1. The van der Waals surface area contributed by atoms with E-state index in [1.807, 2.05) is 30.3 Å². The van der Waals surface area contributed by atoms with Gasteiger partial charge in [0.05, 0.1) is 0 Å². The third-order valence-corrected chi connectivity index (χ3v) is 4.20. The Morgan fingerprint density at radius 2 is 1.73 bits per heavy atom. The molecule has 0 unspecified atom stereocenters. The van der Waals surface area contributed by atoms with Gasteiger partial charge in [-0.25, -0.2) is 0 Å². The van der Waals surface area contributed by atoms with E-state index in [-0.39, 0.29) is 5.91 Å². The van der Waals surface area contributed by atoms with Gasteiger partial charge in [-0.05, 0) is 23.1 Å². The maximum atomic E-state index is 12.0. The predicted octanol–water partition coefficient (Wildman–Crippen LogP) is 2.75. The zero-order valence-electron chi connectivity index (χ0n) is 12.8. The van der Waals surface area contributed by atoms with Crippen molar-refractivity contribution >= 4 is 5.91 Å². The van der Waals surface area contributed by atoms with Crippen LogP contribution in [0.15, 0.2) is 54.6 Å². The molecule has 1 heterocycles. The SMILES string of the molecule is O=C(CCN1CCc2ccccc2C1)NCc1ccccc1. The van der Waals surface area contributed by atoms with Crippen molar-refractivity contribution in [2.45, 2.75) is 25.9 Å². The molecule has 0 aliphatic carbocycles. The van der Waals surface area contributed by atoms with E-state index in [0.717, 1.165) is 31.6 Å². The molecule has 0 atom stereocenters. The van der Waals surface area contributed by atoms with E-state index >= 15 is 0 Å². The van der Waals surface area contributed by atoms with Crippen molar-refractivity contribution in [3.8, 4) is 0 Å². The van der Waals surface area contributed by atoms with Crippen LogP contribution >= 0.6 is 0 Å². The molecular weight excluding hydrogens is 272 g/mol. The number of rotatable bonds is 5. The first-order valence-electron chi connectivity index (χ1n) is 7.91. The summed E-state index contributed by atoms with van der Waals surface area (Å²) in [5, 5.41) is 2.99. The zero-order chi connectivity index (χ0) is 15.2. The fourth-order valence-electron chi connectivity index (χ4n) is 2.89. The molecule has 1 amide bonds. The van der Waals surface area contributed by atoms with Gasteiger partial charge in [-0.3, -0.25) is 9.69 Å². The van der Waals surface area contributed by atoms with Gasteiger partial charge in [0.25, 0.3) is 0 Å². The molecule has 0 radical (unpaired) electrons. The molecule has 22 heavy (non-hydrogen) atoms. The van der Waals surface area contributed by atoms with Crippen molar-refractivity contribution in [1.82, 2.24) is 10.2 Å². The Bertz CT molecular complexity index is 624. The molecule has 0 saturated heterocycles. The minimum Gasteiger partial charge on any atom is -0.352 e. The smallest absolute Gasteiger partial charge is 0.221 e. The zero-order valence-corrected chi connectivity index (χ0v) is 12.8. The van der Waals surface area contributed by atoms with Crippen LogP contribution in [0.4, 0.5) is 0 Å². The Labute approximate surface area is 132 Å². The molecular formula is C19H22N2O. The number of nitrogens with zero attached hydrogens (tertiary/aromatic N) is 1. The molecule has 2 aromatic carbocycles. The summed E-state index contributed by atoms with van der Waals surface area (Å²) in [6.45, 7) is 3.45. The van der Waals surface area contributed by atoms with Gasteiger partial charge >= 0.3 is 0 Å². The largest absolute Gasteiger partial charge is 0.352 e. The standard InChI is InChI=1S/C19H22N2O/c22-19(20-14-16-6-2-1-3-7-16)11-13-21-12-10-17-8-4-5-9-18(17)15-21/h1-9H,10-15H2,(H,20,22). The van der Waals surface area contributed by atoms with Crippen molar-refractivity contribution in [1.29, 1.82) is 0 Å². The van der Waals surface area contributed by atoms with Gasteiger partial charge in [-0.15, -0.1) is 0 Å². The fourth-order valence-corrected chi connectivity index (χ4v) is 2.89. The van der Waals surface area contributed by atoms with Crippen LogP contribution in [0.25, 0.3) is 0 Å². The van der Waals surface area contributed by atoms with Crippen LogP contribution in [0, 0.1) is 0 Å². The second-order valence-electron chi connectivity index (χ2n) is 5.81. The molecule has 0 aromatic heterocycles. The maximum absolute atomic E-state index is 12.0. The Morgan fingerprint density at radius 1 is 1.00 bits per heavy atom. The summed E-state index contributed by atoms with van der Waals surface area (Å²) < 4.78 is 0. The second kappa shape index (κ2) is 7.23. The van der Waals surface area contributed by atoms with E-state index in [9.17, 15) is 4.79 Å². The molecule has 3 rings (SSSR count). The predicted molar refractivity (Wildman–Crippen MR) is 88.3 cm³/mol. The maximum Gasteiger partial charge on any atom is 0.221 e. The van der Waals surface area contributed by atoms with E-state index in [0.29, 0.717) is 13.0 Å². The Balaban J connectivity index is 1.42. The average Bonchev–Trinajstić information content (AvgIpc) is 2.59. The van der Waals surface area contributed by atoms with Crippen molar-refractivity contribution in [3.05, 3.63) is 71.3 Å². The second-order valence-corrected chi connectivity index (χ2v) is 5.81. The van der Waals surface area contributed by atoms with Gasteiger partial charge in [0, 0.05) is 32.6 Å². The van der Waals surface area contributed by atoms with Crippen molar-refractivity contribution in [3.63, 3.8) is 0 Å². The van der Waals surface area contributed by atoms with Gasteiger partial charge in [-0.1, -0.05) is 54.6 Å². The van der Waals surface area contributed by atoms with Gasteiger partial charge < -0.3 is 5.32 Å². The lowest BCUT2D eigenvalue weighted by Crippen LogP contribution is -2.34. The minimum absolute atomic E-state index is 0.128. The number of carbonyl (C=O) groups excluding carboxylic acids is 1. The lowest BCUT2D eigenvalue weighted by Gasteiger charge is -2.28. The monoisotopic (exact) mass is 294 g/mol. The summed E-state index contributed by atoms with van der Waals surface area (Å²) >= 11 is 0. The average molecular weight is 294 g/mol. The first-order valence-corrected chi connectivity index (χ1v) is 7.91. The number of fused-ring (bicyclic) bond motifs is 1. The first kappa shape index (κ1) is 14.8. The van der Waals surface area contributed by atoms with E-state index < -0.39 is 0 Å². The number of hydrogen-bond acceptors (Lipinski definition) is 2. The summed E-state index contributed by atoms with van der Waals surface area (Å²) in [5.41, 5.74) is 3.99. The molecule has 1 aliphatic rings. The van der Waals surface area contributed by atoms with E-state index in [2.05, 4.69) is 34.5 Å². The summed E-state index contributed by atoms with van der Waals surface area (Å²) in [4.78, 5) is 14.3. The van der Waals surface area contributed by atoms with Gasteiger partial charge in [0.15, 0.2) is 0 Å². The molecule has 0 saturated carbocycles. The van der Waals surface area contributed by atoms with Gasteiger partial charge in [0.1, 0.15) is 0 Å². The van der Waals surface area contributed by atoms with E-state index in [1.165, 1.54) is 11.1 Å². The number of nitrogens with one attached hydrogen (secondary N) is 1. The number of carbonyl (C=O) groups is 1. The first-order chi connectivity index (χ1) is 10.8. The highest BCUT2D eigenvalue weighted by Crippen LogP contribution is 2.18. The molecule has 3 nitrogen and oxygen atoms in total. The van der Waals surface area contributed by atoms with Crippen molar-refractivity contribution in [2.75, 3.05) is 13.1 Å². The molecule has 114 valence electrons. The normalized spacial score (nSPS) is 14.4. The topological polar surface area (TPSA) is 32.3 Å². The lowest BCUT2D eigenvalue weighted by molar-refractivity contribution is -0.121. The van der Waals surface area contributed by atoms with Gasteiger partial charge in [-0.2, -0.15) is 0 Å². The van der Waals surface area contributed by atoms with Crippen LogP contribution in [0.3, 0.4) is 0 Å². The Hall–Kier alpha value is -2.13. The summed E-state index contributed by atoms with van der Waals surface area (Å²) in [6, 6.07) is 18.6. The van der Waals surface area contributed by atoms with Crippen LogP contribution in [-0.4, -0.2) is 23.9 Å². The highest BCUT2D eigenvalue weighted by Gasteiger charge is 2.16. The Morgan fingerprint density at radius 3 is 2.55 bits per heavy atom. The van der Waals surface area contributed by atoms with Crippen molar-refractivity contribution in [2.24, 2.45) is 0 Å². The van der Waals surface area contributed by atoms with E-state index in [1.54, 1.807) is 0 Å². The van der Waals surface area contributed by atoms with Gasteiger partial charge in [0.2, 0.25) is 5.91 Å². The molecule has 0 bridgehead atoms. The molecule has 3 heteroatoms. The summed E-state index contributed by atoms with van der Waals surface area (Å²) in [5.74, 6) is 0.128. The summed E-state index contributed by atoms with van der Waals surface area (Å²) in [7, 11) is 0. The minimum atomic E-state index is 0.128. The highest BCUT2D eigenvalue weighted by atomic mass is 16.1. The molecule has 1 N–H and O–H groups in total. The fraction of sp³-hybridized carbons (Fsp3) is 0.316. The summed E-state index contributed by atoms with van der Waals surface area (Å²) in [6.07, 6.45) is 1.65. The number of benzene rings is 2. The molecule has 0 spiro atoms.